The molecule has 0 N–H and O–H groups in total. The van der Waals surface area contributed by atoms with E-state index in [9.17, 15) is 4.79 Å². The van der Waals surface area contributed by atoms with Crippen molar-refractivity contribution in [3.63, 3.8) is 0 Å². The van der Waals surface area contributed by atoms with Gasteiger partial charge in [-0.1, -0.05) is 60.1 Å². The van der Waals surface area contributed by atoms with Gasteiger partial charge in [0, 0.05) is 54.2 Å². The lowest BCUT2D eigenvalue weighted by atomic mass is 10.00. The minimum Gasteiger partial charge on any atom is -0.372 e. The molecule has 7 heteroatoms. The van der Waals surface area contributed by atoms with Gasteiger partial charge in [0.15, 0.2) is 0 Å². The van der Waals surface area contributed by atoms with Gasteiger partial charge in [0.25, 0.3) is 5.91 Å². The molecule has 3 heterocycles. The molecule has 0 aromatic heterocycles. The molecule has 3 aromatic rings. The number of aliphatic imine (C=N–C) groups is 2. The summed E-state index contributed by atoms with van der Waals surface area (Å²) in [7, 11) is 0. The molecule has 0 aliphatic carbocycles. The average molecular weight is 482 g/mol. The lowest BCUT2D eigenvalue weighted by Gasteiger charge is -2.35. The van der Waals surface area contributed by atoms with Gasteiger partial charge in [-0.3, -0.25) is 14.7 Å². The number of piperazine rings is 1. The van der Waals surface area contributed by atoms with Crippen molar-refractivity contribution in [2.75, 3.05) is 42.5 Å². The topological polar surface area (TPSA) is 51.5 Å². The van der Waals surface area contributed by atoms with E-state index < -0.39 is 0 Å². The molecule has 0 spiro atoms. The highest BCUT2D eigenvalue weighted by Crippen LogP contribution is 2.33. The van der Waals surface area contributed by atoms with Crippen molar-refractivity contribution in [2.45, 2.75) is 0 Å². The second-order valence-corrected chi connectivity index (χ2v) is 9.17. The Morgan fingerprint density at radius 2 is 1.57 bits per heavy atom. The number of carbonyl (C=O) groups excluding carboxylic acids is 1. The van der Waals surface area contributed by atoms with Crippen molar-refractivity contribution >= 4 is 40.4 Å². The van der Waals surface area contributed by atoms with E-state index in [1.165, 1.54) is 5.69 Å². The van der Waals surface area contributed by atoms with Gasteiger partial charge < -0.3 is 9.80 Å². The molecule has 0 bridgehead atoms. The molecule has 174 valence electrons. The molecule has 0 atom stereocenters. The first-order valence-corrected chi connectivity index (χ1v) is 12.1. The van der Waals surface area contributed by atoms with Crippen molar-refractivity contribution in [2.24, 2.45) is 9.98 Å². The van der Waals surface area contributed by atoms with Crippen molar-refractivity contribution in [3.8, 4) is 0 Å². The van der Waals surface area contributed by atoms with E-state index in [-0.39, 0.29) is 5.91 Å². The van der Waals surface area contributed by atoms with Crippen LogP contribution in [0.1, 0.15) is 11.1 Å². The first kappa shape index (κ1) is 21.6. The van der Waals surface area contributed by atoms with E-state index in [0.29, 0.717) is 23.1 Å². The number of nitrogens with zero attached hydrogens (tertiary/aromatic N) is 5. The summed E-state index contributed by atoms with van der Waals surface area (Å²) in [4.78, 5) is 29.4. The Morgan fingerprint density at radius 3 is 2.31 bits per heavy atom. The zero-order valence-corrected chi connectivity index (χ0v) is 19.9. The van der Waals surface area contributed by atoms with Gasteiger partial charge in [0.05, 0.1) is 17.9 Å². The highest BCUT2D eigenvalue weighted by Gasteiger charge is 2.36. The zero-order chi connectivity index (χ0) is 23.8. The second-order valence-electron chi connectivity index (χ2n) is 8.73. The summed E-state index contributed by atoms with van der Waals surface area (Å²) in [6, 6.07) is 26.0. The summed E-state index contributed by atoms with van der Waals surface area (Å²) in [6.07, 6.45) is 1.91. The number of fused-ring (bicyclic) bond motifs is 3. The van der Waals surface area contributed by atoms with Crippen LogP contribution in [-0.2, 0) is 4.79 Å². The molecule has 3 aromatic carbocycles. The maximum atomic E-state index is 13.6. The largest absolute Gasteiger partial charge is 0.372 e. The Morgan fingerprint density at radius 1 is 0.857 bits per heavy atom. The smallest absolute Gasteiger partial charge is 0.284 e. The number of hydrogen-bond acceptors (Lipinski definition) is 5. The Bertz CT molecular complexity index is 1360. The van der Waals surface area contributed by atoms with Crippen molar-refractivity contribution < 1.29 is 4.79 Å². The van der Waals surface area contributed by atoms with E-state index in [4.69, 9.17) is 21.6 Å². The lowest BCUT2D eigenvalue weighted by molar-refractivity contribution is -0.114. The Kier molecular flexibility index (Phi) is 5.58. The number of hydrogen-bond donors (Lipinski definition) is 0. The van der Waals surface area contributed by atoms with Crippen molar-refractivity contribution in [1.29, 1.82) is 0 Å². The van der Waals surface area contributed by atoms with Crippen LogP contribution in [0.5, 0.6) is 0 Å². The number of carbonyl (C=O) groups is 1. The maximum absolute atomic E-state index is 13.6. The number of para-hydroxylation sites is 1. The Hall–Kier alpha value is -3.90. The van der Waals surface area contributed by atoms with Gasteiger partial charge >= 0.3 is 0 Å². The molecule has 0 saturated carbocycles. The molecule has 35 heavy (non-hydrogen) atoms. The predicted molar refractivity (Wildman–Crippen MR) is 142 cm³/mol. The van der Waals surface area contributed by atoms with Crippen LogP contribution < -0.4 is 9.80 Å². The van der Waals surface area contributed by atoms with Gasteiger partial charge in [0.1, 0.15) is 11.5 Å². The fourth-order valence-electron chi connectivity index (χ4n) is 4.80. The van der Waals surface area contributed by atoms with Gasteiger partial charge in [0.2, 0.25) is 0 Å². The quantitative estimate of drug-likeness (QED) is 0.514. The summed E-state index contributed by atoms with van der Waals surface area (Å²) in [5, 5.41) is 0.603. The average Bonchev–Trinajstić information content (AvgIpc) is 3.11. The second kappa shape index (κ2) is 9.04. The molecule has 6 nitrogen and oxygen atoms in total. The van der Waals surface area contributed by atoms with E-state index >= 15 is 0 Å². The number of amidine groups is 1. The highest BCUT2D eigenvalue weighted by atomic mass is 35.5. The van der Waals surface area contributed by atoms with E-state index in [2.05, 4.69) is 34.1 Å². The lowest BCUT2D eigenvalue weighted by Crippen LogP contribution is -2.44. The fourth-order valence-corrected chi connectivity index (χ4v) is 4.97. The number of halogens is 1. The molecule has 0 unspecified atom stereocenters. The van der Waals surface area contributed by atoms with E-state index in [0.717, 1.165) is 48.7 Å². The van der Waals surface area contributed by atoms with Crippen LogP contribution in [0.4, 0.5) is 11.4 Å². The first-order chi connectivity index (χ1) is 17.2. The third kappa shape index (κ3) is 4.10. The summed E-state index contributed by atoms with van der Waals surface area (Å²) >= 11 is 6.36. The van der Waals surface area contributed by atoms with Gasteiger partial charge in [-0.25, -0.2) is 4.99 Å². The summed E-state index contributed by atoms with van der Waals surface area (Å²) < 4.78 is 0. The molecular formula is C28H24ClN5O. The Balaban J connectivity index is 1.28. The molecule has 0 radical (unpaired) electrons. The number of rotatable bonds is 3. The molecular weight excluding hydrogens is 458 g/mol. The number of anilines is 2. The van der Waals surface area contributed by atoms with Gasteiger partial charge in [-0.2, -0.15) is 0 Å². The molecule has 1 saturated heterocycles. The van der Waals surface area contributed by atoms with Crippen molar-refractivity contribution in [1.82, 2.24) is 4.90 Å². The van der Waals surface area contributed by atoms with Crippen LogP contribution in [0.15, 0.2) is 101 Å². The van der Waals surface area contributed by atoms with Crippen LogP contribution in [-0.4, -0.2) is 55.1 Å². The molecule has 3 aliphatic heterocycles. The van der Waals surface area contributed by atoms with Gasteiger partial charge in [-0.15, -0.1) is 0 Å². The molecule has 3 aliphatic rings. The van der Waals surface area contributed by atoms with Crippen LogP contribution >= 0.6 is 11.6 Å². The SMILES string of the molecule is O=C1/C(=C/N2CCN(c3ccccc3)CC2)N=C2CN=C(c3ccccc3)c3cc(Cl)ccc3N12. The minimum absolute atomic E-state index is 0.126. The van der Waals surface area contributed by atoms with E-state index in [1.54, 1.807) is 4.90 Å². The maximum Gasteiger partial charge on any atom is 0.284 e. The summed E-state index contributed by atoms with van der Waals surface area (Å²) in [5.41, 5.74) is 5.07. The van der Waals surface area contributed by atoms with Crippen molar-refractivity contribution in [3.05, 3.63) is 107 Å². The first-order valence-electron chi connectivity index (χ1n) is 11.7. The number of amides is 1. The third-order valence-electron chi connectivity index (χ3n) is 6.55. The van der Waals surface area contributed by atoms with E-state index in [1.807, 2.05) is 60.8 Å². The summed E-state index contributed by atoms with van der Waals surface area (Å²) in [5.74, 6) is 0.511. The standard InChI is InChI=1S/C28H24ClN5O/c29-21-11-12-25-23(17-21)27(20-7-3-1-4-8-20)30-18-26-31-24(28(35)34(25)26)19-32-13-15-33(16-14-32)22-9-5-2-6-10-22/h1-12,17,19H,13-16,18H2/b24-19-. The predicted octanol–water partition coefficient (Wildman–Crippen LogP) is 4.60. The third-order valence-corrected chi connectivity index (χ3v) is 6.79. The van der Waals surface area contributed by atoms with Gasteiger partial charge in [-0.05, 0) is 30.3 Å². The molecule has 1 amide bonds. The monoisotopic (exact) mass is 481 g/mol. The summed E-state index contributed by atoms with van der Waals surface area (Å²) in [6.45, 7) is 3.78. The van der Waals surface area contributed by atoms with Crippen LogP contribution in [0.25, 0.3) is 0 Å². The van der Waals surface area contributed by atoms with Crippen LogP contribution in [0.3, 0.4) is 0 Å². The van der Waals surface area contributed by atoms with Crippen LogP contribution in [0, 0.1) is 0 Å². The fraction of sp³-hybridized carbons (Fsp3) is 0.179. The highest BCUT2D eigenvalue weighted by molar-refractivity contribution is 6.34. The number of benzene rings is 3. The zero-order valence-electron chi connectivity index (χ0n) is 19.1. The molecule has 6 rings (SSSR count). The molecule has 1 fully saturated rings. The normalized spacial score (nSPS) is 18.7. The van der Waals surface area contributed by atoms with Crippen LogP contribution in [0.2, 0.25) is 5.02 Å². The Labute approximate surface area is 209 Å². The minimum atomic E-state index is -0.126.